The van der Waals surface area contributed by atoms with Crippen molar-refractivity contribution in [2.75, 3.05) is 0 Å². The SMILES string of the molecule is C[Si](C)(C)N(N(N([Si](C)(C)C)[Si](C)(C)C)N([Si](C)(C)C)[Si](C)(C)C)[Si](C)(C)C.C[Si](C)(C)[N-][Si](C)(C)C.[K+]. The third kappa shape index (κ3) is 17.5. The summed E-state index contributed by atoms with van der Waals surface area (Å²) in [6.07, 6.45) is 0. The van der Waals surface area contributed by atoms with E-state index in [0.717, 1.165) is 0 Å². The van der Waals surface area contributed by atoms with Gasteiger partial charge in [0.1, 0.15) is 49.4 Å². The fourth-order valence-corrected chi connectivity index (χ4v) is 43.5. The second-order valence-corrected chi connectivity index (χ2v) is 58.2. The van der Waals surface area contributed by atoms with E-state index >= 15 is 0 Å². The summed E-state index contributed by atoms with van der Waals surface area (Å²) >= 11 is 0. The van der Waals surface area contributed by atoms with E-state index in [1.165, 1.54) is 0 Å². The Kier molecular flexibility index (Phi) is 18.0. The molecule has 0 aliphatic heterocycles. The van der Waals surface area contributed by atoms with Crippen LogP contribution in [0, 0.1) is 0 Å². The Morgan fingerprint density at radius 1 is 0.289 bits per heavy atom. The molecule has 0 spiro atoms. The van der Waals surface area contributed by atoms with Crippen molar-refractivity contribution < 1.29 is 51.4 Å². The Hall–Kier alpha value is 3.17. The molecule has 5 nitrogen and oxygen atoms in total. The van der Waals surface area contributed by atoms with Crippen LogP contribution in [-0.2, 0) is 0 Å². The summed E-state index contributed by atoms with van der Waals surface area (Å²) in [5.41, 5.74) is 0. The Morgan fingerprint density at radius 2 is 0.421 bits per heavy atom. The van der Waals surface area contributed by atoms with Gasteiger partial charge >= 0.3 is 51.4 Å². The first-order valence-electron chi connectivity index (χ1n) is 14.4. The fraction of sp³-hybridized carbons (Fsp3) is 1.00. The number of hydrogen-bond donors (Lipinski definition) is 0. The number of hydrazine groups is 3. The van der Waals surface area contributed by atoms with Gasteiger partial charge in [0.25, 0.3) is 0 Å². The zero-order valence-corrected chi connectivity index (χ0v) is 42.4. The Bertz CT molecular complexity index is 571. The molecule has 0 radical (unpaired) electrons. The first kappa shape index (κ1) is 45.6. The van der Waals surface area contributed by atoms with Crippen LogP contribution in [0.1, 0.15) is 0 Å². The van der Waals surface area contributed by atoms with E-state index in [-0.39, 0.29) is 51.4 Å². The molecule has 0 N–H and O–H groups in total. The van der Waals surface area contributed by atoms with Crippen molar-refractivity contribution in [1.29, 1.82) is 0 Å². The first-order valence-corrected chi connectivity index (χ1v) is 42.0. The van der Waals surface area contributed by atoms with Crippen molar-refractivity contribution in [1.82, 2.24) is 18.2 Å². The van der Waals surface area contributed by atoms with Gasteiger partial charge in [-0.3, -0.25) is 13.0 Å². The fourth-order valence-electron chi connectivity index (χ4n) is 5.90. The molecule has 0 saturated carbocycles. The van der Waals surface area contributed by atoms with Gasteiger partial charge in [-0.2, -0.15) is 0 Å². The molecule has 0 atom stereocenters. The second kappa shape index (κ2) is 15.0. The van der Waals surface area contributed by atoms with E-state index in [4.69, 9.17) is 4.65 Å². The summed E-state index contributed by atoms with van der Waals surface area (Å²) in [6, 6.07) is 0. The minimum atomic E-state index is -1.60. The normalized spacial score (nSPS) is 15.2. The second-order valence-electron chi connectivity index (χ2n) is 18.7. The van der Waals surface area contributed by atoms with E-state index in [2.05, 4.69) is 175 Å². The maximum Gasteiger partial charge on any atom is 1.00 e. The van der Waals surface area contributed by atoms with E-state index in [1.807, 2.05) is 0 Å². The van der Waals surface area contributed by atoms with Crippen molar-refractivity contribution in [2.45, 2.75) is 157 Å². The van der Waals surface area contributed by atoms with E-state index in [9.17, 15) is 0 Å². The van der Waals surface area contributed by atoms with E-state index < -0.39 is 65.9 Å². The third-order valence-electron chi connectivity index (χ3n) is 5.02. The predicted molar refractivity (Wildman–Crippen MR) is 197 cm³/mol. The van der Waals surface area contributed by atoms with Crippen LogP contribution in [-0.4, -0.2) is 84.1 Å². The molecule has 0 amide bonds. The summed E-state index contributed by atoms with van der Waals surface area (Å²) < 4.78 is 13.8. The molecular formula is C24H72KN5Si8. The summed E-state index contributed by atoms with van der Waals surface area (Å²) in [7, 11) is -11.8. The molecule has 0 aliphatic carbocycles. The topological polar surface area (TPSA) is 27.1 Å². The number of rotatable bonds is 11. The largest absolute Gasteiger partial charge is 1.00 e. The van der Waals surface area contributed by atoms with Gasteiger partial charge in [0.15, 0.2) is 0 Å². The molecule has 14 heteroatoms. The molecule has 0 heterocycles. The van der Waals surface area contributed by atoms with Crippen LogP contribution in [0.15, 0.2) is 0 Å². The summed E-state index contributed by atoms with van der Waals surface area (Å²) in [5, 5.41) is 2.87. The number of hydrogen-bond acceptors (Lipinski definition) is 4. The molecule has 0 bridgehead atoms. The van der Waals surface area contributed by atoms with Crippen LogP contribution in [0.2, 0.25) is 157 Å². The van der Waals surface area contributed by atoms with Crippen LogP contribution < -0.4 is 51.4 Å². The quantitative estimate of drug-likeness (QED) is 0.172. The van der Waals surface area contributed by atoms with Gasteiger partial charge in [-0.05, 0) is 0 Å². The van der Waals surface area contributed by atoms with Gasteiger partial charge < -0.3 is 4.65 Å². The molecule has 0 aromatic rings. The van der Waals surface area contributed by atoms with Crippen molar-refractivity contribution >= 4 is 65.9 Å². The molecule has 0 aliphatic rings. The van der Waals surface area contributed by atoms with Crippen molar-refractivity contribution in [3.8, 4) is 0 Å². The van der Waals surface area contributed by atoms with Gasteiger partial charge in [0.05, 0.1) is 0 Å². The molecule has 0 unspecified atom stereocenters. The Morgan fingerprint density at radius 3 is 0.474 bits per heavy atom. The minimum Gasteiger partial charge on any atom is -0.668 e. The summed E-state index contributed by atoms with van der Waals surface area (Å²) in [5.74, 6) is 0. The van der Waals surface area contributed by atoms with E-state index in [0.29, 0.717) is 0 Å². The molecule has 0 saturated heterocycles. The maximum absolute atomic E-state index is 4.82. The minimum absolute atomic E-state index is 0. The Labute approximate surface area is 293 Å². The molecule has 0 fully saturated rings. The van der Waals surface area contributed by atoms with Crippen LogP contribution in [0.25, 0.3) is 4.65 Å². The Balaban J connectivity index is -0.00000104. The van der Waals surface area contributed by atoms with Gasteiger partial charge in [-0.15, -0.1) is 5.23 Å². The predicted octanol–water partition coefficient (Wildman–Crippen LogP) is 6.98. The number of nitrogens with zero attached hydrogens (tertiary/aromatic N) is 5. The van der Waals surface area contributed by atoms with Crippen molar-refractivity contribution in [3.05, 3.63) is 4.65 Å². The molecule has 226 valence electrons. The molecule has 0 aromatic heterocycles. The molecule has 0 aromatic carbocycles. The average molecular weight is 695 g/mol. The van der Waals surface area contributed by atoms with Crippen molar-refractivity contribution in [2.24, 2.45) is 0 Å². The van der Waals surface area contributed by atoms with Gasteiger partial charge in [-0.25, -0.2) is 0 Å². The van der Waals surface area contributed by atoms with Crippen LogP contribution >= 0.6 is 0 Å². The smallest absolute Gasteiger partial charge is 0.668 e. The van der Waals surface area contributed by atoms with Crippen LogP contribution in [0.5, 0.6) is 0 Å². The molecule has 38 heavy (non-hydrogen) atoms. The van der Waals surface area contributed by atoms with E-state index in [1.54, 1.807) is 0 Å². The zero-order chi connectivity index (χ0) is 31.0. The van der Waals surface area contributed by atoms with Crippen LogP contribution in [0.4, 0.5) is 0 Å². The zero-order valence-electron chi connectivity index (χ0n) is 31.2. The van der Waals surface area contributed by atoms with Gasteiger partial charge in [-0.1, -0.05) is 174 Å². The van der Waals surface area contributed by atoms with Gasteiger partial charge in [0, 0.05) is 0 Å². The summed E-state index contributed by atoms with van der Waals surface area (Å²) in [4.78, 5) is 0. The van der Waals surface area contributed by atoms with Crippen molar-refractivity contribution in [3.63, 3.8) is 0 Å². The maximum atomic E-state index is 4.82. The first-order chi connectivity index (χ1) is 15.4. The monoisotopic (exact) mass is 693 g/mol. The molecular weight excluding hydrogens is 622 g/mol. The van der Waals surface area contributed by atoms with Crippen LogP contribution in [0.3, 0.4) is 0 Å². The van der Waals surface area contributed by atoms with Gasteiger partial charge in [0.2, 0.25) is 0 Å². The summed E-state index contributed by atoms with van der Waals surface area (Å²) in [6.45, 7) is 59.7. The standard InChI is InChI=1S/C18H54N4Si6.C6H18NSi2.K/c1-23(2,3)20(24(4,5)6)19(21(25(7,8)9)26(10,11)12)22(27(13,14)15)28(16,17)18;1-8(2,3)7-9(4,5)6;/h1-18H3;1-6H3;/q;-1;+1. The molecule has 0 rings (SSSR count). The average Bonchev–Trinajstić information content (AvgIpc) is 2.32. The third-order valence-corrected chi connectivity index (χ3v) is 31.2.